The molecule has 7 nitrogen and oxygen atoms in total. The molecule has 0 radical (unpaired) electrons. The lowest BCUT2D eigenvalue weighted by Gasteiger charge is -2.26. The van der Waals surface area contributed by atoms with Crippen LogP contribution in [0, 0.1) is 13.8 Å². The number of nitrogens with zero attached hydrogens (tertiary/aromatic N) is 4. The number of carbonyl (C=O) groups excluding carboxylic acids is 1. The van der Waals surface area contributed by atoms with Gasteiger partial charge in [-0.25, -0.2) is 8.42 Å². The normalized spacial score (nSPS) is 20.5. The molecule has 2 saturated heterocycles. The van der Waals surface area contributed by atoms with Crippen molar-refractivity contribution in [3.05, 3.63) is 46.8 Å². The van der Waals surface area contributed by atoms with Crippen LogP contribution in [-0.4, -0.2) is 52.9 Å². The van der Waals surface area contributed by atoms with E-state index in [4.69, 9.17) is 0 Å². The van der Waals surface area contributed by atoms with Gasteiger partial charge in [0.05, 0.1) is 16.6 Å². The minimum Gasteiger partial charge on any atom is -0.331 e. The van der Waals surface area contributed by atoms with Gasteiger partial charge in [-0.3, -0.25) is 9.48 Å². The molecular formula is C21H28N4O3S. The van der Waals surface area contributed by atoms with E-state index >= 15 is 0 Å². The Hall–Kier alpha value is -2.19. The molecule has 3 heterocycles. The van der Waals surface area contributed by atoms with Crippen molar-refractivity contribution in [1.29, 1.82) is 0 Å². The number of aryl methyl sites for hydroxylation is 2. The van der Waals surface area contributed by atoms with Crippen LogP contribution < -0.4 is 0 Å². The van der Waals surface area contributed by atoms with E-state index in [1.54, 1.807) is 18.2 Å². The zero-order chi connectivity index (χ0) is 20.8. The Kier molecular flexibility index (Phi) is 5.25. The second kappa shape index (κ2) is 7.57. The molecule has 1 unspecified atom stereocenters. The van der Waals surface area contributed by atoms with E-state index in [0.717, 1.165) is 42.6 Å². The average Bonchev–Trinajstić information content (AvgIpc) is 3.43. The first-order valence-electron chi connectivity index (χ1n) is 10.2. The largest absolute Gasteiger partial charge is 0.331 e. The summed E-state index contributed by atoms with van der Waals surface area (Å²) in [5, 5.41) is 4.51. The first-order valence-corrected chi connectivity index (χ1v) is 11.7. The van der Waals surface area contributed by atoms with Crippen molar-refractivity contribution in [2.45, 2.75) is 50.5 Å². The first-order chi connectivity index (χ1) is 13.8. The molecule has 1 amide bonds. The van der Waals surface area contributed by atoms with Crippen molar-refractivity contribution in [1.82, 2.24) is 19.0 Å². The number of carbonyl (C=O) groups is 1. The lowest BCUT2D eigenvalue weighted by atomic mass is 10.0. The predicted octanol–water partition coefficient (Wildman–Crippen LogP) is 2.80. The maximum atomic E-state index is 13.4. The van der Waals surface area contributed by atoms with Crippen LogP contribution in [0.25, 0.3) is 0 Å². The summed E-state index contributed by atoms with van der Waals surface area (Å²) in [6.45, 7) is 5.77. The Morgan fingerprint density at radius 1 is 1.10 bits per heavy atom. The molecule has 2 aromatic rings. The number of hydrogen-bond acceptors (Lipinski definition) is 4. The van der Waals surface area contributed by atoms with Crippen LogP contribution in [0.4, 0.5) is 0 Å². The van der Waals surface area contributed by atoms with E-state index in [9.17, 15) is 13.2 Å². The third-order valence-electron chi connectivity index (χ3n) is 6.20. The van der Waals surface area contributed by atoms with E-state index in [0.29, 0.717) is 25.2 Å². The van der Waals surface area contributed by atoms with Gasteiger partial charge in [-0.05, 0) is 57.7 Å². The molecule has 2 aliphatic heterocycles. The monoisotopic (exact) mass is 416 g/mol. The number of aromatic nitrogens is 2. The summed E-state index contributed by atoms with van der Waals surface area (Å²) in [7, 11) is -1.63. The number of sulfonamides is 1. The lowest BCUT2D eigenvalue weighted by Crippen LogP contribution is -2.32. The minimum atomic E-state index is -3.54. The molecule has 1 atom stereocenters. The van der Waals surface area contributed by atoms with Crippen LogP contribution >= 0.6 is 0 Å². The van der Waals surface area contributed by atoms with Gasteiger partial charge in [0.25, 0.3) is 5.91 Å². The van der Waals surface area contributed by atoms with Gasteiger partial charge in [-0.2, -0.15) is 9.40 Å². The molecule has 0 bridgehead atoms. The van der Waals surface area contributed by atoms with E-state index in [-0.39, 0.29) is 16.8 Å². The highest BCUT2D eigenvalue weighted by Crippen LogP contribution is 2.36. The van der Waals surface area contributed by atoms with Gasteiger partial charge >= 0.3 is 0 Å². The summed E-state index contributed by atoms with van der Waals surface area (Å²) in [6.07, 6.45) is 3.59. The Morgan fingerprint density at radius 3 is 2.48 bits per heavy atom. The molecule has 156 valence electrons. The highest BCUT2D eigenvalue weighted by molar-refractivity contribution is 7.89. The van der Waals surface area contributed by atoms with Gasteiger partial charge in [0.1, 0.15) is 0 Å². The van der Waals surface area contributed by atoms with Crippen molar-refractivity contribution >= 4 is 15.9 Å². The second-order valence-electron chi connectivity index (χ2n) is 8.00. The topological polar surface area (TPSA) is 75.5 Å². The Morgan fingerprint density at radius 2 is 1.83 bits per heavy atom. The summed E-state index contributed by atoms with van der Waals surface area (Å²) >= 11 is 0. The molecule has 0 saturated carbocycles. The van der Waals surface area contributed by atoms with Gasteiger partial charge < -0.3 is 4.90 Å². The van der Waals surface area contributed by atoms with Crippen molar-refractivity contribution in [2.24, 2.45) is 7.05 Å². The van der Waals surface area contributed by atoms with E-state index < -0.39 is 10.0 Å². The quantitative estimate of drug-likeness (QED) is 0.768. The average molecular weight is 417 g/mol. The number of likely N-dealkylation sites (tertiary alicyclic amines) is 1. The number of hydrogen-bond donors (Lipinski definition) is 0. The summed E-state index contributed by atoms with van der Waals surface area (Å²) < 4.78 is 29.2. The number of rotatable bonds is 4. The van der Waals surface area contributed by atoms with Crippen LogP contribution in [0.1, 0.15) is 59.0 Å². The Balaban J connectivity index is 1.64. The number of amides is 1. The summed E-state index contributed by atoms with van der Waals surface area (Å²) in [5.41, 5.74) is 3.55. The van der Waals surface area contributed by atoms with Crippen molar-refractivity contribution in [2.75, 3.05) is 19.6 Å². The zero-order valence-corrected chi connectivity index (χ0v) is 18.1. The molecule has 0 N–H and O–H groups in total. The summed E-state index contributed by atoms with van der Waals surface area (Å²) in [6, 6.07) is 6.48. The summed E-state index contributed by atoms with van der Waals surface area (Å²) in [5.74, 6) is -0.117. The molecule has 0 aliphatic carbocycles. The predicted molar refractivity (Wildman–Crippen MR) is 110 cm³/mol. The Bertz CT molecular complexity index is 1040. The van der Waals surface area contributed by atoms with E-state index in [1.165, 1.54) is 10.4 Å². The molecule has 29 heavy (non-hydrogen) atoms. The maximum absolute atomic E-state index is 13.4. The fraction of sp³-hybridized carbons (Fsp3) is 0.524. The smallest absolute Gasteiger partial charge is 0.254 e. The lowest BCUT2D eigenvalue weighted by molar-refractivity contribution is 0.0734. The number of benzene rings is 1. The standard InChI is InChI=1S/C21H28N4O3S/c1-15-20(16(2)23(3)22-15)19-10-7-13-25(19)21(26)17-8-6-9-18(14-17)29(27,28)24-11-4-5-12-24/h6,8-9,14,19H,4-5,7,10-13H2,1-3H3. The third kappa shape index (κ3) is 3.48. The van der Waals surface area contributed by atoms with Gasteiger partial charge in [0.15, 0.2) is 0 Å². The van der Waals surface area contributed by atoms with Gasteiger partial charge in [0.2, 0.25) is 10.0 Å². The van der Waals surface area contributed by atoms with Gasteiger partial charge in [-0.1, -0.05) is 6.07 Å². The van der Waals surface area contributed by atoms with Crippen LogP contribution in [0.15, 0.2) is 29.2 Å². The zero-order valence-electron chi connectivity index (χ0n) is 17.3. The fourth-order valence-corrected chi connectivity index (χ4v) is 6.18. The molecule has 4 rings (SSSR count). The molecule has 2 fully saturated rings. The highest BCUT2D eigenvalue weighted by atomic mass is 32.2. The van der Waals surface area contributed by atoms with Crippen LogP contribution in [0.5, 0.6) is 0 Å². The van der Waals surface area contributed by atoms with Gasteiger partial charge in [0, 0.05) is 43.5 Å². The van der Waals surface area contributed by atoms with Crippen molar-refractivity contribution in [3.8, 4) is 0 Å². The minimum absolute atomic E-state index is 0.0185. The van der Waals surface area contributed by atoms with Gasteiger partial charge in [-0.15, -0.1) is 0 Å². The van der Waals surface area contributed by atoms with Crippen molar-refractivity contribution < 1.29 is 13.2 Å². The maximum Gasteiger partial charge on any atom is 0.254 e. The summed E-state index contributed by atoms with van der Waals surface area (Å²) in [4.78, 5) is 15.4. The first kappa shape index (κ1) is 20.1. The SMILES string of the molecule is Cc1nn(C)c(C)c1C1CCCN1C(=O)c1cccc(S(=O)(=O)N2CCCC2)c1. The van der Waals surface area contributed by atoms with Crippen molar-refractivity contribution in [3.63, 3.8) is 0 Å². The molecule has 1 aromatic carbocycles. The molecule has 8 heteroatoms. The van der Waals surface area contributed by atoms with Crippen LogP contribution in [0.3, 0.4) is 0 Å². The fourth-order valence-electron chi connectivity index (χ4n) is 4.62. The van der Waals surface area contributed by atoms with E-state index in [2.05, 4.69) is 5.10 Å². The third-order valence-corrected chi connectivity index (χ3v) is 8.09. The van der Waals surface area contributed by atoms with Crippen LogP contribution in [-0.2, 0) is 17.1 Å². The van der Waals surface area contributed by atoms with Crippen LogP contribution in [0.2, 0.25) is 0 Å². The molecular weight excluding hydrogens is 388 g/mol. The highest BCUT2D eigenvalue weighted by Gasteiger charge is 2.35. The molecule has 2 aliphatic rings. The Labute approximate surface area is 172 Å². The van der Waals surface area contributed by atoms with E-state index in [1.807, 2.05) is 30.5 Å². The molecule has 0 spiro atoms. The second-order valence-corrected chi connectivity index (χ2v) is 9.94. The molecule has 1 aromatic heterocycles.